The highest BCUT2D eigenvalue weighted by Gasteiger charge is 2.10. The van der Waals surface area contributed by atoms with Crippen molar-refractivity contribution in [1.82, 2.24) is 5.32 Å². The van der Waals surface area contributed by atoms with Gasteiger partial charge >= 0.3 is 0 Å². The summed E-state index contributed by atoms with van der Waals surface area (Å²) < 4.78 is 5.63. The first kappa shape index (κ1) is 16.4. The molecule has 3 nitrogen and oxygen atoms in total. The highest BCUT2D eigenvalue weighted by molar-refractivity contribution is 6.30. The number of para-hydroxylation sites is 1. The standard InChI is InChI=1S/C18H20ClNO2/c1-13-6-3-4-9-17(13)22-11-10-18(21)20-14(2)15-7-5-8-16(19)12-15/h3-9,12,14H,10-11H2,1-2H3,(H,20,21)/t14-/m0/s1. The van der Waals surface area contributed by atoms with E-state index in [2.05, 4.69) is 5.32 Å². The lowest BCUT2D eigenvalue weighted by atomic mass is 10.1. The fourth-order valence-electron chi connectivity index (χ4n) is 2.14. The molecule has 116 valence electrons. The van der Waals surface area contributed by atoms with E-state index in [1.807, 2.05) is 62.4 Å². The Morgan fingerprint density at radius 2 is 2.00 bits per heavy atom. The van der Waals surface area contributed by atoms with Gasteiger partial charge in [-0.3, -0.25) is 4.79 Å². The summed E-state index contributed by atoms with van der Waals surface area (Å²) in [5.41, 5.74) is 2.05. The molecule has 0 radical (unpaired) electrons. The van der Waals surface area contributed by atoms with Gasteiger partial charge in [-0.25, -0.2) is 0 Å². The van der Waals surface area contributed by atoms with Crippen LogP contribution in [0.4, 0.5) is 0 Å². The first-order chi connectivity index (χ1) is 10.6. The number of halogens is 1. The van der Waals surface area contributed by atoms with E-state index in [0.717, 1.165) is 16.9 Å². The molecule has 0 heterocycles. The molecule has 2 aromatic carbocycles. The number of amides is 1. The van der Waals surface area contributed by atoms with Crippen LogP contribution in [0.2, 0.25) is 5.02 Å². The van der Waals surface area contributed by atoms with Crippen molar-refractivity contribution in [3.8, 4) is 5.75 Å². The second-order valence-electron chi connectivity index (χ2n) is 5.21. The third kappa shape index (κ3) is 4.78. The van der Waals surface area contributed by atoms with Crippen LogP contribution >= 0.6 is 11.6 Å². The second kappa shape index (κ2) is 7.85. The molecule has 1 atom stereocenters. The van der Waals surface area contributed by atoms with Crippen LogP contribution in [0.25, 0.3) is 0 Å². The summed E-state index contributed by atoms with van der Waals surface area (Å²) in [6.07, 6.45) is 0.319. The van der Waals surface area contributed by atoms with Gasteiger partial charge in [0.15, 0.2) is 0 Å². The lowest BCUT2D eigenvalue weighted by Crippen LogP contribution is -2.27. The Kier molecular flexibility index (Phi) is 5.84. The average molecular weight is 318 g/mol. The third-order valence-corrected chi connectivity index (χ3v) is 3.64. The Labute approximate surface area is 136 Å². The first-order valence-corrected chi connectivity index (χ1v) is 7.67. The number of hydrogen-bond acceptors (Lipinski definition) is 2. The fraction of sp³-hybridized carbons (Fsp3) is 0.278. The van der Waals surface area contributed by atoms with Crippen molar-refractivity contribution >= 4 is 17.5 Å². The van der Waals surface area contributed by atoms with Crippen LogP contribution in [0.15, 0.2) is 48.5 Å². The Morgan fingerprint density at radius 3 is 2.73 bits per heavy atom. The van der Waals surface area contributed by atoms with Gasteiger partial charge in [0, 0.05) is 5.02 Å². The van der Waals surface area contributed by atoms with Crippen LogP contribution in [0.3, 0.4) is 0 Å². The van der Waals surface area contributed by atoms with Gasteiger partial charge in [0.1, 0.15) is 5.75 Å². The molecule has 22 heavy (non-hydrogen) atoms. The summed E-state index contributed by atoms with van der Waals surface area (Å²) in [6.45, 7) is 4.28. The van der Waals surface area contributed by atoms with Crippen LogP contribution in [-0.4, -0.2) is 12.5 Å². The SMILES string of the molecule is Cc1ccccc1OCCC(=O)N[C@@H](C)c1cccc(Cl)c1. The Bertz CT molecular complexity index is 642. The molecule has 0 saturated carbocycles. The topological polar surface area (TPSA) is 38.3 Å². The van der Waals surface area contributed by atoms with Gasteiger partial charge in [0.2, 0.25) is 5.91 Å². The molecule has 0 unspecified atom stereocenters. The smallest absolute Gasteiger partial charge is 0.223 e. The Balaban J connectivity index is 1.79. The lowest BCUT2D eigenvalue weighted by Gasteiger charge is -2.15. The van der Waals surface area contributed by atoms with Gasteiger partial charge in [-0.2, -0.15) is 0 Å². The molecule has 2 aromatic rings. The van der Waals surface area contributed by atoms with E-state index in [9.17, 15) is 4.79 Å². The summed E-state index contributed by atoms with van der Waals surface area (Å²) >= 11 is 5.96. The number of benzene rings is 2. The minimum atomic E-state index is -0.0790. The number of carbonyl (C=O) groups excluding carboxylic acids is 1. The minimum Gasteiger partial charge on any atom is -0.493 e. The molecule has 0 spiro atoms. The number of aryl methyl sites for hydroxylation is 1. The third-order valence-electron chi connectivity index (χ3n) is 3.41. The molecule has 0 aliphatic heterocycles. The molecule has 0 aliphatic carbocycles. The number of carbonyl (C=O) groups is 1. The highest BCUT2D eigenvalue weighted by Crippen LogP contribution is 2.18. The summed E-state index contributed by atoms with van der Waals surface area (Å²) in [7, 11) is 0. The van der Waals surface area contributed by atoms with Crippen LogP contribution < -0.4 is 10.1 Å². The van der Waals surface area contributed by atoms with Crippen molar-refractivity contribution in [3.05, 3.63) is 64.7 Å². The summed E-state index contributed by atoms with van der Waals surface area (Å²) in [5.74, 6) is 0.777. The number of hydrogen-bond donors (Lipinski definition) is 1. The monoisotopic (exact) mass is 317 g/mol. The van der Waals surface area contributed by atoms with Gasteiger partial charge in [0.05, 0.1) is 19.1 Å². The van der Waals surface area contributed by atoms with Gasteiger partial charge < -0.3 is 10.1 Å². The molecular formula is C18H20ClNO2. The molecule has 1 N–H and O–H groups in total. The summed E-state index contributed by atoms with van der Waals surface area (Å²) in [5, 5.41) is 3.61. The summed E-state index contributed by atoms with van der Waals surface area (Å²) in [6, 6.07) is 15.2. The highest BCUT2D eigenvalue weighted by atomic mass is 35.5. The predicted molar refractivity (Wildman–Crippen MR) is 89.3 cm³/mol. The van der Waals surface area contributed by atoms with Gasteiger partial charge in [0.25, 0.3) is 0 Å². The largest absolute Gasteiger partial charge is 0.493 e. The van der Waals surface area contributed by atoms with Crippen molar-refractivity contribution in [2.75, 3.05) is 6.61 Å². The minimum absolute atomic E-state index is 0.0407. The number of rotatable bonds is 6. The van der Waals surface area contributed by atoms with Crippen molar-refractivity contribution in [3.63, 3.8) is 0 Å². The van der Waals surface area contributed by atoms with E-state index >= 15 is 0 Å². The maximum absolute atomic E-state index is 12.0. The number of nitrogens with one attached hydrogen (secondary N) is 1. The zero-order chi connectivity index (χ0) is 15.9. The second-order valence-corrected chi connectivity index (χ2v) is 5.64. The van der Waals surface area contributed by atoms with Crippen molar-refractivity contribution < 1.29 is 9.53 Å². The van der Waals surface area contributed by atoms with E-state index < -0.39 is 0 Å². The molecule has 4 heteroatoms. The van der Waals surface area contributed by atoms with E-state index in [0.29, 0.717) is 18.1 Å². The summed E-state index contributed by atoms with van der Waals surface area (Å²) in [4.78, 5) is 12.0. The van der Waals surface area contributed by atoms with Gasteiger partial charge in [-0.05, 0) is 43.2 Å². The molecule has 0 aromatic heterocycles. The lowest BCUT2D eigenvalue weighted by molar-refractivity contribution is -0.122. The van der Waals surface area contributed by atoms with Crippen LogP contribution in [0.1, 0.15) is 30.5 Å². The molecule has 0 bridgehead atoms. The molecule has 0 aliphatic rings. The Hall–Kier alpha value is -2.00. The normalized spacial score (nSPS) is 11.8. The first-order valence-electron chi connectivity index (χ1n) is 7.29. The average Bonchev–Trinajstić information content (AvgIpc) is 2.49. The van der Waals surface area contributed by atoms with Crippen molar-refractivity contribution in [2.24, 2.45) is 0 Å². The molecule has 0 fully saturated rings. The quantitative estimate of drug-likeness (QED) is 0.863. The maximum Gasteiger partial charge on any atom is 0.223 e. The van der Waals surface area contributed by atoms with Crippen LogP contribution in [0, 0.1) is 6.92 Å². The fourth-order valence-corrected chi connectivity index (χ4v) is 2.34. The van der Waals surface area contributed by atoms with E-state index in [4.69, 9.17) is 16.3 Å². The van der Waals surface area contributed by atoms with Gasteiger partial charge in [-0.1, -0.05) is 41.9 Å². The van der Waals surface area contributed by atoms with Crippen molar-refractivity contribution in [1.29, 1.82) is 0 Å². The van der Waals surface area contributed by atoms with Gasteiger partial charge in [-0.15, -0.1) is 0 Å². The van der Waals surface area contributed by atoms with E-state index in [1.54, 1.807) is 0 Å². The molecule has 2 rings (SSSR count). The molecule has 1 amide bonds. The predicted octanol–water partition coefficient (Wildman–Crippen LogP) is 4.29. The van der Waals surface area contributed by atoms with Crippen molar-refractivity contribution in [2.45, 2.75) is 26.3 Å². The Morgan fingerprint density at radius 1 is 1.23 bits per heavy atom. The van der Waals surface area contributed by atoms with E-state index in [-0.39, 0.29) is 11.9 Å². The van der Waals surface area contributed by atoms with Crippen LogP contribution in [0.5, 0.6) is 5.75 Å². The molecular weight excluding hydrogens is 298 g/mol. The zero-order valence-corrected chi connectivity index (χ0v) is 13.6. The van der Waals surface area contributed by atoms with Crippen LogP contribution in [-0.2, 0) is 4.79 Å². The zero-order valence-electron chi connectivity index (χ0n) is 12.8. The molecule has 0 saturated heterocycles. The maximum atomic E-state index is 12.0. The van der Waals surface area contributed by atoms with E-state index in [1.165, 1.54) is 0 Å². The number of ether oxygens (including phenoxy) is 1.